The van der Waals surface area contributed by atoms with E-state index in [2.05, 4.69) is 28.2 Å². The third-order valence-electron chi connectivity index (χ3n) is 3.17. The Bertz CT molecular complexity index is 734. The highest BCUT2D eigenvalue weighted by molar-refractivity contribution is 5.80. The van der Waals surface area contributed by atoms with Gasteiger partial charge in [0.2, 0.25) is 0 Å². The van der Waals surface area contributed by atoms with Crippen molar-refractivity contribution < 1.29 is 0 Å². The average molecular weight is 219 g/mol. The zero-order valence-corrected chi connectivity index (χ0v) is 9.09. The molecule has 0 atom stereocenters. The molecular weight excluding hydrogens is 210 g/mol. The smallest absolute Gasteiger partial charge is 0.107 e. The summed E-state index contributed by atoms with van der Waals surface area (Å²) < 4.78 is 0. The van der Waals surface area contributed by atoms with E-state index in [0.717, 1.165) is 28.8 Å². The maximum absolute atomic E-state index is 4.69. The number of hydrogen-bond donors (Lipinski definition) is 0. The van der Waals surface area contributed by atoms with Crippen molar-refractivity contribution in [1.29, 1.82) is 0 Å². The molecular formula is C14H9N3. The normalized spacial score (nSPS) is 12.5. The Balaban J connectivity index is 2.07. The first-order valence-corrected chi connectivity index (χ1v) is 5.61. The van der Waals surface area contributed by atoms with E-state index in [9.17, 15) is 0 Å². The van der Waals surface area contributed by atoms with Crippen LogP contribution in [0.25, 0.3) is 22.3 Å². The Kier molecular flexibility index (Phi) is 1.61. The zero-order valence-electron chi connectivity index (χ0n) is 9.09. The standard InChI is InChI=1S/C14H9N3/c1-2-4-10-9(3-1)7-12-14(10)17-11-5-6-15-8-13(11)16-12/h1-6,8H,7H2. The molecule has 0 amide bonds. The quantitative estimate of drug-likeness (QED) is 0.456. The highest BCUT2D eigenvalue weighted by Gasteiger charge is 2.21. The van der Waals surface area contributed by atoms with Crippen molar-refractivity contribution in [3.05, 3.63) is 54.0 Å². The first-order chi connectivity index (χ1) is 8.42. The molecule has 0 saturated carbocycles. The van der Waals surface area contributed by atoms with Crippen LogP contribution in [-0.2, 0) is 6.42 Å². The summed E-state index contributed by atoms with van der Waals surface area (Å²) in [6, 6.07) is 10.3. The average Bonchev–Trinajstić information content (AvgIpc) is 2.73. The second kappa shape index (κ2) is 3.10. The number of pyridine rings is 1. The highest BCUT2D eigenvalue weighted by atomic mass is 14.9. The molecule has 0 unspecified atom stereocenters. The third-order valence-corrected chi connectivity index (χ3v) is 3.17. The molecule has 1 aromatic carbocycles. The SMILES string of the molecule is c1ccc2c(c1)Cc1nc3cnccc3nc1-2. The lowest BCUT2D eigenvalue weighted by Gasteiger charge is -2.01. The summed E-state index contributed by atoms with van der Waals surface area (Å²) in [6.07, 6.45) is 4.40. The topological polar surface area (TPSA) is 38.7 Å². The van der Waals surface area contributed by atoms with Crippen LogP contribution in [0.4, 0.5) is 0 Å². The van der Waals surface area contributed by atoms with Crippen molar-refractivity contribution in [3.8, 4) is 11.3 Å². The molecule has 0 saturated heterocycles. The van der Waals surface area contributed by atoms with Crippen molar-refractivity contribution in [2.75, 3.05) is 0 Å². The van der Waals surface area contributed by atoms with Crippen molar-refractivity contribution in [1.82, 2.24) is 15.0 Å². The predicted molar refractivity (Wildman–Crippen MR) is 65.6 cm³/mol. The Morgan fingerprint density at radius 3 is 2.88 bits per heavy atom. The molecule has 0 fully saturated rings. The van der Waals surface area contributed by atoms with Gasteiger partial charge in [-0.15, -0.1) is 0 Å². The van der Waals surface area contributed by atoms with E-state index in [4.69, 9.17) is 4.98 Å². The minimum absolute atomic E-state index is 0.874. The van der Waals surface area contributed by atoms with E-state index in [-0.39, 0.29) is 0 Å². The summed E-state index contributed by atoms with van der Waals surface area (Å²) in [5, 5.41) is 0. The first-order valence-electron chi connectivity index (χ1n) is 5.61. The summed E-state index contributed by atoms with van der Waals surface area (Å²) in [7, 11) is 0. The molecule has 0 aliphatic heterocycles. The van der Waals surface area contributed by atoms with Crippen molar-refractivity contribution in [2.24, 2.45) is 0 Å². The van der Waals surface area contributed by atoms with Gasteiger partial charge in [-0.05, 0) is 11.6 Å². The number of rotatable bonds is 0. The van der Waals surface area contributed by atoms with Crippen molar-refractivity contribution >= 4 is 11.0 Å². The molecule has 0 N–H and O–H groups in total. The fraction of sp³-hybridized carbons (Fsp3) is 0.0714. The van der Waals surface area contributed by atoms with Crippen molar-refractivity contribution in [2.45, 2.75) is 6.42 Å². The van der Waals surface area contributed by atoms with Crippen LogP contribution in [0.1, 0.15) is 11.3 Å². The van der Waals surface area contributed by atoms with Gasteiger partial charge in [0, 0.05) is 18.2 Å². The summed E-state index contributed by atoms with van der Waals surface area (Å²) in [4.78, 5) is 13.4. The van der Waals surface area contributed by atoms with Gasteiger partial charge in [-0.3, -0.25) is 4.98 Å². The van der Waals surface area contributed by atoms with E-state index < -0.39 is 0 Å². The van der Waals surface area contributed by atoms with E-state index in [1.54, 1.807) is 12.4 Å². The molecule has 4 rings (SSSR count). The van der Waals surface area contributed by atoms with E-state index in [1.165, 1.54) is 11.1 Å². The Morgan fingerprint density at radius 1 is 0.941 bits per heavy atom. The minimum atomic E-state index is 0.874. The van der Waals surface area contributed by atoms with Gasteiger partial charge in [-0.25, -0.2) is 9.97 Å². The number of benzene rings is 1. The van der Waals surface area contributed by atoms with E-state index >= 15 is 0 Å². The van der Waals surface area contributed by atoms with Gasteiger partial charge in [0.25, 0.3) is 0 Å². The van der Waals surface area contributed by atoms with Gasteiger partial charge < -0.3 is 0 Å². The second-order valence-corrected chi connectivity index (χ2v) is 4.22. The van der Waals surface area contributed by atoms with Crippen LogP contribution in [0.3, 0.4) is 0 Å². The number of aromatic nitrogens is 3. The molecule has 3 nitrogen and oxygen atoms in total. The van der Waals surface area contributed by atoms with Gasteiger partial charge in [0.1, 0.15) is 5.52 Å². The van der Waals surface area contributed by atoms with Crippen LogP contribution in [0, 0.1) is 0 Å². The van der Waals surface area contributed by atoms with Gasteiger partial charge in [0.05, 0.1) is 23.1 Å². The molecule has 1 aliphatic carbocycles. The van der Waals surface area contributed by atoms with Gasteiger partial charge >= 0.3 is 0 Å². The lowest BCUT2D eigenvalue weighted by Crippen LogP contribution is -1.92. The summed E-state index contributed by atoms with van der Waals surface area (Å²) in [6.45, 7) is 0. The lowest BCUT2D eigenvalue weighted by molar-refractivity contribution is 1.12. The van der Waals surface area contributed by atoms with Gasteiger partial charge in [0.15, 0.2) is 0 Å². The van der Waals surface area contributed by atoms with Crippen LogP contribution in [0.5, 0.6) is 0 Å². The molecule has 3 aromatic rings. The molecule has 0 spiro atoms. The van der Waals surface area contributed by atoms with E-state index in [0.29, 0.717) is 0 Å². The number of nitrogens with zero attached hydrogens (tertiary/aromatic N) is 3. The zero-order chi connectivity index (χ0) is 11.2. The summed E-state index contributed by atoms with van der Waals surface area (Å²) in [5.74, 6) is 0. The maximum atomic E-state index is 4.69. The second-order valence-electron chi connectivity index (χ2n) is 4.22. The molecule has 0 bridgehead atoms. The predicted octanol–water partition coefficient (Wildman–Crippen LogP) is 2.60. The van der Waals surface area contributed by atoms with Crippen LogP contribution < -0.4 is 0 Å². The number of fused-ring (bicyclic) bond motifs is 4. The molecule has 3 heteroatoms. The Labute approximate surface area is 98.2 Å². The largest absolute Gasteiger partial charge is 0.262 e. The molecule has 80 valence electrons. The minimum Gasteiger partial charge on any atom is -0.262 e. The molecule has 0 radical (unpaired) electrons. The van der Waals surface area contributed by atoms with Crippen LogP contribution in [0.15, 0.2) is 42.7 Å². The van der Waals surface area contributed by atoms with Crippen LogP contribution in [0.2, 0.25) is 0 Å². The third kappa shape index (κ3) is 1.19. The van der Waals surface area contributed by atoms with Crippen molar-refractivity contribution in [3.63, 3.8) is 0 Å². The monoisotopic (exact) mass is 219 g/mol. The number of hydrogen-bond acceptors (Lipinski definition) is 3. The maximum Gasteiger partial charge on any atom is 0.107 e. The van der Waals surface area contributed by atoms with Gasteiger partial charge in [-0.2, -0.15) is 0 Å². The lowest BCUT2D eigenvalue weighted by atomic mass is 10.1. The molecule has 1 aliphatic rings. The molecule has 2 heterocycles. The molecule has 17 heavy (non-hydrogen) atoms. The Morgan fingerprint density at radius 2 is 1.88 bits per heavy atom. The Hall–Kier alpha value is -2.29. The highest BCUT2D eigenvalue weighted by Crippen LogP contribution is 2.34. The summed E-state index contributed by atoms with van der Waals surface area (Å²) >= 11 is 0. The van der Waals surface area contributed by atoms with Gasteiger partial charge in [-0.1, -0.05) is 24.3 Å². The fourth-order valence-corrected chi connectivity index (χ4v) is 2.37. The van der Waals surface area contributed by atoms with Crippen LogP contribution in [-0.4, -0.2) is 15.0 Å². The fourth-order valence-electron chi connectivity index (χ4n) is 2.37. The first kappa shape index (κ1) is 8.82. The van der Waals surface area contributed by atoms with Crippen LogP contribution >= 0.6 is 0 Å². The molecule has 2 aromatic heterocycles. The van der Waals surface area contributed by atoms with E-state index in [1.807, 2.05) is 12.1 Å². The summed E-state index contributed by atoms with van der Waals surface area (Å²) in [5.41, 5.74) is 6.40.